The lowest BCUT2D eigenvalue weighted by molar-refractivity contribution is -0.384. The van der Waals surface area contributed by atoms with Gasteiger partial charge in [-0.25, -0.2) is 5.48 Å². The van der Waals surface area contributed by atoms with Crippen molar-refractivity contribution >= 4 is 23.4 Å². The Morgan fingerprint density at radius 2 is 1.87 bits per heavy atom. The lowest BCUT2D eigenvalue weighted by Crippen LogP contribution is -2.30. The van der Waals surface area contributed by atoms with Crippen molar-refractivity contribution in [3.8, 4) is 0 Å². The van der Waals surface area contributed by atoms with Crippen LogP contribution >= 0.6 is 11.8 Å². The molecule has 0 aliphatic rings. The zero-order valence-electron chi connectivity index (χ0n) is 12.5. The maximum Gasteiger partial charge on any atom is 0.269 e. The molecule has 1 unspecified atom stereocenters. The summed E-state index contributed by atoms with van der Waals surface area (Å²) in [7, 11) is 0. The van der Waals surface area contributed by atoms with E-state index in [1.807, 2.05) is 30.3 Å². The Kier molecular flexibility index (Phi) is 6.13. The predicted molar refractivity (Wildman–Crippen MR) is 87.8 cm³/mol. The lowest BCUT2D eigenvalue weighted by atomic mass is 10.2. The third kappa shape index (κ3) is 5.39. The van der Waals surface area contributed by atoms with Crippen molar-refractivity contribution in [2.24, 2.45) is 0 Å². The van der Waals surface area contributed by atoms with Gasteiger partial charge in [0, 0.05) is 17.0 Å². The van der Waals surface area contributed by atoms with Crippen LogP contribution in [0.5, 0.6) is 0 Å². The lowest BCUT2D eigenvalue weighted by Gasteiger charge is -2.12. The van der Waals surface area contributed by atoms with Crippen LogP contribution in [-0.2, 0) is 16.2 Å². The van der Waals surface area contributed by atoms with Gasteiger partial charge in [0.2, 0.25) is 0 Å². The molecule has 0 spiro atoms. The van der Waals surface area contributed by atoms with Gasteiger partial charge < -0.3 is 0 Å². The van der Waals surface area contributed by atoms with Gasteiger partial charge >= 0.3 is 0 Å². The third-order valence-corrected chi connectivity index (χ3v) is 4.10. The molecular formula is C16H16N2O4S. The molecule has 0 aliphatic heterocycles. The van der Waals surface area contributed by atoms with Gasteiger partial charge in [0.15, 0.2) is 0 Å². The summed E-state index contributed by atoms with van der Waals surface area (Å²) in [5, 5.41) is 10.2. The molecule has 1 atom stereocenters. The second kappa shape index (κ2) is 8.30. The van der Waals surface area contributed by atoms with Crippen molar-refractivity contribution in [2.75, 3.05) is 0 Å². The maximum absolute atomic E-state index is 11.9. The number of benzene rings is 2. The van der Waals surface area contributed by atoms with Gasteiger partial charge in [-0.3, -0.25) is 19.7 Å². The number of nitrogens with one attached hydrogen (secondary N) is 1. The summed E-state index contributed by atoms with van der Waals surface area (Å²) in [4.78, 5) is 28.1. The molecule has 1 amide bonds. The van der Waals surface area contributed by atoms with E-state index in [0.717, 1.165) is 10.5 Å². The van der Waals surface area contributed by atoms with Gasteiger partial charge in [-0.1, -0.05) is 30.3 Å². The highest BCUT2D eigenvalue weighted by molar-refractivity contribution is 8.00. The highest BCUT2D eigenvalue weighted by Gasteiger charge is 2.15. The Bertz CT molecular complexity index is 662. The molecule has 2 aromatic carbocycles. The van der Waals surface area contributed by atoms with Crippen molar-refractivity contribution in [1.82, 2.24) is 5.48 Å². The highest BCUT2D eigenvalue weighted by Crippen LogP contribution is 2.25. The van der Waals surface area contributed by atoms with Crippen LogP contribution in [0.1, 0.15) is 12.5 Å². The van der Waals surface area contributed by atoms with Crippen LogP contribution in [0, 0.1) is 10.1 Å². The first-order valence-corrected chi connectivity index (χ1v) is 7.81. The number of rotatable bonds is 7. The molecule has 0 saturated heterocycles. The van der Waals surface area contributed by atoms with E-state index in [1.165, 1.54) is 23.9 Å². The smallest absolute Gasteiger partial charge is 0.269 e. The summed E-state index contributed by atoms with van der Waals surface area (Å²) < 4.78 is 0. The Balaban J connectivity index is 1.79. The molecule has 0 aromatic heterocycles. The van der Waals surface area contributed by atoms with Crippen LogP contribution in [-0.4, -0.2) is 16.1 Å². The maximum atomic E-state index is 11.9. The molecule has 0 radical (unpaired) electrons. The molecule has 23 heavy (non-hydrogen) atoms. The summed E-state index contributed by atoms with van der Waals surface area (Å²) in [5.74, 6) is -0.260. The molecule has 0 aliphatic carbocycles. The molecule has 0 saturated carbocycles. The minimum atomic E-state index is -0.456. The first-order valence-electron chi connectivity index (χ1n) is 6.93. The number of amides is 1. The summed E-state index contributed by atoms with van der Waals surface area (Å²) in [5.41, 5.74) is 3.40. The van der Waals surface area contributed by atoms with E-state index in [1.54, 1.807) is 19.1 Å². The fourth-order valence-corrected chi connectivity index (χ4v) is 2.61. The van der Waals surface area contributed by atoms with Crippen molar-refractivity contribution < 1.29 is 14.6 Å². The van der Waals surface area contributed by atoms with Crippen LogP contribution in [0.4, 0.5) is 5.69 Å². The van der Waals surface area contributed by atoms with Crippen molar-refractivity contribution in [3.05, 3.63) is 70.3 Å². The number of nitro groups is 1. The number of carbonyl (C=O) groups is 1. The normalized spacial score (nSPS) is 11.7. The SMILES string of the molecule is CC(Sc1ccc([N+](=O)[O-])cc1)C(=O)NOCc1ccccc1. The molecule has 0 bridgehead atoms. The average Bonchev–Trinajstić information content (AvgIpc) is 2.56. The summed E-state index contributed by atoms with van der Waals surface area (Å²) in [6.45, 7) is 2.04. The number of hydrogen-bond acceptors (Lipinski definition) is 5. The van der Waals surface area contributed by atoms with Crippen LogP contribution in [0.25, 0.3) is 0 Å². The fourth-order valence-electron chi connectivity index (χ4n) is 1.75. The van der Waals surface area contributed by atoms with E-state index in [9.17, 15) is 14.9 Å². The second-order valence-electron chi connectivity index (χ2n) is 4.75. The van der Waals surface area contributed by atoms with Gasteiger partial charge in [-0.15, -0.1) is 11.8 Å². The third-order valence-electron chi connectivity index (χ3n) is 2.98. The molecule has 0 heterocycles. The first-order chi connectivity index (χ1) is 11.1. The minimum absolute atomic E-state index is 0.0256. The standard InChI is InChI=1S/C16H16N2O4S/c1-12(23-15-9-7-14(8-10-15)18(20)21)16(19)17-22-11-13-5-3-2-4-6-13/h2-10,12H,11H2,1H3,(H,17,19). The van der Waals surface area contributed by atoms with E-state index in [2.05, 4.69) is 5.48 Å². The Hall–Kier alpha value is -2.38. The first kappa shape index (κ1) is 17.0. The molecule has 1 N–H and O–H groups in total. The van der Waals surface area contributed by atoms with Crippen LogP contribution in [0.15, 0.2) is 59.5 Å². The highest BCUT2D eigenvalue weighted by atomic mass is 32.2. The molecule has 6 nitrogen and oxygen atoms in total. The largest absolute Gasteiger partial charge is 0.272 e. The molecule has 2 aromatic rings. The zero-order valence-corrected chi connectivity index (χ0v) is 13.3. The van der Waals surface area contributed by atoms with E-state index in [0.29, 0.717) is 6.61 Å². The van der Waals surface area contributed by atoms with Crippen molar-refractivity contribution in [3.63, 3.8) is 0 Å². The summed E-state index contributed by atoms with van der Waals surface area (Å²) in [6, 6.07) is 15.6. The number of hydroxylamine groups is 1. The summed E-state index contributed by atoms with van der Waals surface area (Å²) >= 11 is 1.30. The van der Waals surface area contributed by atoms with Crippen LogP contribution in [0.2, 0.25) is 0 Å². The minimum Gasteiger partial charge on any atom is -0.272 e. The number of non-ortho nitro benzene ring substituents is 1. The van der Waals surface area contributed by atoms with Crippen LogP contribution in [0.3, 0.4) is 0 Å². The Morgan fingerprint density at radius 1 is 1.22 bits per heavy atom. The van der Waals surface area contributed by atoms with E-state index < -0.39 is 4.92 Å². The molecule has 120 valence electrons. The predicted octanol–water partition coefficient (Wildman–Crippen LogP) is 3.32. The fraction of sp³-hybridized carbons (Fsp3) is 0.188. The quantitative estimate of drug-likeness (QED) is 0.478. The van der Waals surface area contributed by atoms with Crippen LogP contribution < -0.4 is 5.48 Å². The van der Waals surface area contributed by atoms with Gasteiger partial charge in [0.25, 0.3) is 11.6 Å². The average molecular weight is 332 g/mol. The van der Waals surface area contributed by atoms with E-state index in [4.69, 9.17) is 4.84 Å². The summed E-state index contributed by atoms with van der Waals surface area (Å²) in [6.07, 6.45) is 0. The van der Waals surface area contributed by atoms with Gasteiger partial charge in [-0.2, -0.15) is 0 Å². The Labute approximate surface area is 138 Å². The molecule has 2 rings (SSSR count). The second-order valence-corrected chi connectivity index (χ2v) is 6.17. The molecular weight excluding hydrogens is 316 g/mol. The van der Waals surface area contributed by atoms with Gasteiger partial charge in [-0.05, 0) is 24.6 Å². The van der Waals surface area contributed by atoms with Crippen molar-refractivity contribution in [1.29, 1.82) is 0 Å². The van der Waals surface area contributed by atoms with E-state index in [-0.39, 0.29) is 16.8 Å². The molecule has 7 heteroatoms. The number of nitro benzene ring substituents is 1. The Morgan fingerprint density at radius 3 is 2.48 bits per heavy atom. The van der Waals surface area contributed by atoms with Gasteiger partial charge in [0.05, 0.1) is 16.8 Å². The topological polar surface area (TPSA) is 81.5 Å². The number of hydrogen-bond donors (Lipinski definition) is 1. The zero-order chi connectivity index (χ0) is 16.7. The number of nitrogens with zero attached hydrogens (tertiary/aromatic N) is 1. The monoisotopic (exact) mass is 332 g/mol. The molecule has 0 fully saturated rings. The van der Waals surface area contributed by atoms with E-state index >= 15 is 0 Å². The number of carbonyl (C=O) groups excluding carboxylic acids is 1. The van der Waals surface area contributed by atoms with Crippen molar-refractivity contribution in [2.45, 2.75) is 23.7 Å². The number of thioether (sulfide) groups is 1. The van der Waals surface area contributed by atoms with Gasteiger partial charge in [0.1, 0.15) is 0 Å².